The van der Waals surface area contributed by atoms with Crippen LogP contribution in [0.5, 0.6) is 0 Å². The standard InChI is InChI=1S/C15H20FN/c1-10(13-3-2-4-14(16)9-13)17-15(11-5-6-11)12-7-8-12/h2-4,9-12,15,17H,5-8H2,1H3/t10-/m1/s1. The van der Waals surface area contributed by atoms with Gasteiger partial charge in [0.05, 0.1) is 0 Å². The first-order valence-corrected chi connectivity index (χ1v) is 6.75. The van der Waals surface area contributed by atoms with Gasteiger partial charge in [-0.3, -0.25) is 0 Å². The lowest BCUT2D eigenvalue weighted by molar-refractivity contribution is 0.377. The van der Waals surface area contributed by atoms with Gasteiger partial charge in [0, 0.05) is 12.1 Å². The van der Waals surface area contributed by atoms with Gasteiger partial charge in [-0.25, -0.2) is 4.39 Å². The molecule has 0 saturated heterocycles. The van der Waals surface area contributed by atoms with Crippen LogP contribution in [0.25, 0.3) is 0 Å². The molecular formula is C15H20FN. The smallest absolute Gasteiger partial charge is 0.123 e. The van der Waals surface area contributed by atoms with Gasteiger partial charge >= 0.3 is 0 Å². The predicted octanol–water partition coefficient (Wildman–Crippen LogP) is 3.66. The van der Waals surface area contributed by atoms with Crippen molar-refractivity contribution >= 4 is 0 Å². The summed E-state index contributed by atoms with van der Waals surface area (Å²) in [6.45, 7) is 2.15. The molecule has 1 N–H and O–H groups in total. The highest BCUT2D eigenvalue weighted by atomic mass is 19.1. The molecule has 0 unspecified atom stereocenters. The number of hydrogen-bond acceptors (Lipinski definition) is 1. The average Bonchev–Trinajstić information content (AvgIpc) is 3.16. The van der Waals surface area contributed by atoms with Crippen molar-refractivity contribution in [2.75, 3.05) is 0 Å². The van der Waals surface area contributed by atoms with E-state index in [9.17, 15) is 4.39 Å². The highest BCUT2D eigenvalue weighted by molar-refractivity contribution is 5.20. The van der Waals surface area contributed by atoms with E-state index in [2.05, 4.69) is 12.2 Å². The Hall–Kier alpha value is -0.890. The summed E-state index contributed by atoms with van der Waals surface area (Å²) in [5.74, 6) is 1.64. The van der Waals surface area contributed by atoms with Crippen LogP contribution in [0.2, 0.25) is 0 Å². The van der Waals surface area contributed by atoms with Crippen LogP contribution in [0, 0.1) is 17.7 Å². The van der Waals surface area contributed by atoms with Crippen LogP contribution in [0.4, 0.5) is 4.39 Å². The molecule has 1 aromatic rings. The fourth-order valence-electron chi connectivity index (χ4n) is 2.73. The molecule has 0 spiro atoms. The SMILES string of the molecule is C[C@@H](NC(C1CC1)C1CC1)c1cccc(F)c1. The molecule has 1 atom stereocenters. The third-order valence-corrected chi connectivity index (χ3v) is 4.05. The maximum Gasteiger partial charge on any atom is 0.123 e. The third kappa shape index (κ3) is 2.68. The van der Waals surface area contributed by atoms with E-state index in [4.69, 9.17) is 0 Å². The molecule has 0 bridgehead atoms. The normalized spacial score (nSPS) is 21.8. The number of nitrogens with one attached hydrogen (secondary N) is 1. The zero-order valence-electron chi connectivity index (χ0n) is 10.3. The molecule has 0 amide bonds. The molecule has 0 heterocycles. The van der Waals surface area contributed by atoms with E-state index < -0.39 is 0 Å². The summed E-state index contributed by atoms with van der Waals surface area (Å²) in [6.07, 6.45) is 5.52. The fourth-order valence-corrected chi connectivity index (χ4v) is 2.73. The lowest BCUT2D eigenvalue weighted by Crippen LogP contribution is -2.35. The number of halogens is 1. The molecule has 2 fully saturated rings. The number of benzene rings is 1. The minimum absolute atomic E-state index is 0.134. The summed E-state index contributed by atoms with van der Waals surface area (Å²) >= 11 is 0. The second kappa shape index (κ2) is 4.41. The number of rotatable bonds is 5. The van der Waals surface area contributed by atoms with E-state index in [0.29, 0.717) is 6.04 Å². The van der Waals surface area contributed by atoms with Gasteiger partial charge in [-0.1, -0.05) is 12.1 Å². The second-order valence-corrected chi connectivity index (χ2v) is 5.64. The highest BCUT2D eigenvalue weighted by Gasteiger charge is 2.41. The Morgan fingerprint density at radius 3 is 2.35 bits per heavy atom. The third-order valence-electron chi connectivity index (χ3n) is 4.05. The van der Waals surface area contributed by atoms with Crippen LogP contribution < -0.4 is 5.32 Å². The quantitative estimate of drug-likeness (QED) is 0.818. The molecule has 0 aromatic heterocycles. The summed E-state index contributed by atoms with van der Waals surface area (Å²) in [7, 11) is 0. The lowest BCUT2D eigenvalue weighted by Gasteiger charge is -2.23. The maximum absolute atomic E-state index is 13.2. The Bertz CT molecular complexity index is 384. The van der Waals surface area contributed by atoms with Crippen molar-refractivity contribution in [3.8, 4) is 0 Å². The topological polar surface area (TPSA) is 12.0 Å². The zero-order chi connectivity index (χ0) is 11.8. The molecule has 17 heavy (non-hydrogen) atoms. The van der Waals surface area contributed by atoms with Gasteiger partial charge in [0.2, 0.25) is 0 Å². The second-order valence-electron chi connectivity index (χ2n) is 5.64. The van der Waals surface area contributed by atoms with Crippen LogP contribution in [-0.4, -0.2) is 6.04 Å². The van der Waals surface area contributed by atoms with E-state index in [-0.39, 0.29) is 11.9 Å². The summed E-state index contributed by atoms with van der Waals surface area (Å²) in [6, 6.07) is 7.90. The first-order chi connectivity index (χ1) is 8.24. The van der Waals surface area contributed by atoms with Crippen molar-refractivity contribution in [1.82, 2.24) is 5.32 Å². The van der Waals surface area contributed by atoms with Gasteiger partial charge in [-0.05, 0) is 62.1 Å². The van der Waals surface area contributed by atoms with Gasteiger partial charge in [0.25, 0.3) is 0 Å². The van der Waals surface area contributed by atoms with E-state index in [0.717, 1.165) is 17.4 Å². The predicted molar refractivity (Wildman–Crippen MR) is 67.2 cm³/mol. The Morgan fingerprint density at radius 1 is 1.18 bits per heavy atom. The summed E-state index contributed by atoms with van der Waals surface area (Å²) in [4.78, 5) is 0. The molecule has 3 rings (SSSR count). The van der Waals surface area contributed by atoms with Gasteiger partial charge in [0.15, 0.2) is 0 Å². The van der Waals surface area contributed by atoms with Gasteiger partial charge < -0.3 is 5.32 Å². The van der Waals surface area contributed by atoms with Crippen molar-refractivity contribution < 1.29 is 4.39 Å². The largest absolute Gasteiger partial charge is 0.307 e. The van der Waals surface area contributed by atoms with Crippen molar-refractivity contribution in [3.05, 3.63) is 35.6 Å². The monoisotopic (exact) mass is 233 g/mol. The minimum Gasteiger partial charge on any atom is -0.307 e. The summed E-state index contributed by atoms with van der Waals surface area (Å²) in [5.41, 5.74) is 1.07. The molecule has 2 aliphatic carbocycles. The first kappa shape index (κ1) is 11.2. The molecule has 1 aromatic carbocycles. The number of hydrogen-bond donors (Lipinski definition) is 1. The summed E-state index contributed by atoms with van der Waals surface area (Å²) in [5, 5.41) is 3.72. The molecule has 2 saturated carbocycles. The van der Waals surface area contributed by atoms with Crippen molar-refractivity contribution in [1.29, 1.82) is 0 Å². The van der Waals surface area contributed by atoms with Crippen molar-refractivity contribution in [3.63, 3.8) is 0 Å². The zero-order valence-corrected chi connectivity index (χ0v) is 10.3. The van der Waals surface area contributed by atoms with Crippen molar-refractivity contribution in [2.45, 2.75) is 44.7 Å². The van der Waals surface area contributed by atoms with E-state index >= 15 is 0 Å². The minimum atomic E-state index is -0.134. The molecule has 0 radical (unpaired) electrons. The Kier molecular flexibility index (Phi) is 2.91. The summed E-state index contributed by atoms with van der Waals surface area (Å²) < 4.78 is 13.2. The highest BCUT2D eigenvalue weighted by Crippen LogP contribution is 2.45. The van der Waals surface area contributed by atoms with Crippen LogP contribution in [0.1, 0.15) is 44.2 Å². The Labute approximate surface area is 102 Å². The van der Waals surface area contributed by atoms with Crippen LogP contribution in [-0.2, 0) is 0 Å². The van der Waals surface area contributed by atoms with E-state index in [1.165, 1.54) is 31.7 Å². The van der Waals surface area contributed by atoms with Crippen LogP contribution in [0.15, 0.2) is 24.3 Å². The van der Waals surface area contributed by atoms with Gasteiger partial charge in [0.1, 0.15) is 5.82 Å². The molecule has 92 valence electrons. The molecule has 1 nitrogen and oxygen atoms in total. The maximum atomic E-state index is 13.2. The first-order valence-electron chi connectivity index (χ1n) is 6.75. The fraction of sp³-hybridized carbons (Fsp3) is 0.600. The Morgan fingerprint density at radius 2 is 1.82 bits per heavy atom. The van der Waals surface area contributed by atoms with Gasteiger partial charge in [-0.15, -0.1) is 0 Å². The van der Waals surface area contributed by atoms with Crippen molar-refractivity contribution in [2.24, 2.45) is 11.8 Å². The molecule has 2 heteroatoms. The van der Waals surface area contributed by atoms with E-state index in [1.807, 2.05) is 6.07 Å². The van der Waals surface area contributed by atoms with Crippen LogP contribution in [0.3, 0.4) is 0 Å². The Balaban J connectivity index is 1.66. The lowest BCUT2D eigenvalue weighted by atomic mass is 10.0. The molecular weight excluding hydrogens is 213 g/mol. The molecule has 2 aliphatic rings. The average molecular weight is 233 g/mol. The van der Waals surface area contributed by atoms with Crippen LogP contribution >= 0.6 is 0 Å². The van der Waals surface area contributed by atoms with E-state index in [1.54, 1.807) is 12.1 Å². The molecule has 0 aliphatic heterocycles. The van der Waals surface area contributed by atoms with Gasteiger partial charge in [-0.2, -0.15) is 0 Å².